The van der Waals surface area contributed by atoms with Crippen molar-refractivity contribution in [2.24, 2.45) is 11.8 Å². The third-order valence-electron chi connectivity index (χ3n) is 5.45. The minimum absolute atomic E-state index is 0.00154. The number of carbonyl (C=O) groups excluding carboxylic acids is 2. The van der Waals surface area contributed by atoms with Gasteiger partial charge in [-0.05, 0) is 44.9 Å². The van der Waals surface area contributed by atoms with E-state index in [-0.39, 0.29) is 29.8 Å². The molecule has 0 bridgehead atoms. The molecule has 3 rings (SSSR count). The van der Waals surface area contributed by atoms with Crippen molar-refractivity contribution >= 4 is 11.9 Å². The summed E-state index contributed by atoms with van der Waals surface area (Å²) >= 11 is 0. The predicted molar refractivity (Wildman–Crippen MR) is 85.8 cm³/mol. The maximum absolute atomic E-state index is 12.9. The first-order valence-corrected chi connectivity index (χ1v) is 9.29. The number of ether oxygens (including phenoxy) is 2. The highest BCUT2D eigenvalue weighted by Gasteiger charge is 2.47. The normalized spacial score (nSPS) is 30.9. The molecule has 3 atom stereocenters. The van der Waals surface area contributed by atoms with E-state index in [2.05, 4.69) is 4.90 Å². The number of carbonyl (C=O) groups is 2. The van der Waals surface area contributed by atoms with E-state index in [9.17, 15) is 9.59 Å². The fourth-order valence-corrected chi connectivity index (χ4v) is 4.01. The molecule has 0 radical (unpaired) electrons. The van der Waals surface area contributed by atoms with Gasteiger partial charge in [0.2, 0.25) is 0 Å². The first kappa shape index (κ1) is 16.7. The van der Waals surface area contributed by atoms with Crippen LogP contribution in [-0.2, 0) is 19.1 Å². The van der Waals surface area contributed by atoms with Gasteiger partial charge in [0, 0.05) is 19.2 Å². The third kappa shape index (κ3) is 4.06. The fourth-order valence-electron chi connectivity index (χ4n) is 4.01. The van der Waals surface area contributed by atoms with Crippen molar-refractivity contribution in [3.63, 3.8) is 0 Å². The molecule has 0 aromatic heterocycles. The van der Waals surface area contributed by atoms with Crippen molar-refractivity contribution in [1.82, 2.24) is 4.90 Å². The second-order valence-electron chi connectivity index (χ2n) is 7.14. The second kappa shape index (κ2) is 7.65. The summed E-state index contributed by atoms with van der Waals surface area (Å²) in [5, 5.41) is 0. The van der Waals surface area contributed by atoms with Gasteiger partial charge in [-0.2, -0.15) is 0 Å². The molecule has 1 aliphatic heterocycles. The van der Waals surface area contributed by atoms with E-state index in [1.807, 2.05) is 6.92 Å². The summed E-state index contributed by atoms with van der Waals surface area (Å²) in [7, 11) is 0. The number of hydrogen-bond acceptors (Lipinski definition) is 4. The lowest BCUT2D eigenvalue weighted by molar-refractivity contribution is -0.147. The summed E-state index contributed by atoms with van der Waals surface area (Å²) in [6, 6.07) is 0.337. The molecule has 0 N–H and O–H groups in total. The maximum atomic E-state index is 12.9. The predicted octanol–water partition coefficient (Wildman–Crippen LogP) is 2.53. The van der Waals surface area contributed by atoms with E-state index in [0.717, 1.165) is 32.1 Å². The summed E-state index contributed by atoms with van der Waals surface area (Å²) in [5.41, 5.74) is 0. The number of hydrogen-bond donors (Lipinski definition) is 0. The highest BCUT2D eigenvalue weighted by Crippen LogP contribution is 2.41. The average Bonchev–Trinajstić information content (AvgIpc) is 3.13. The van der Waals surface area contributed by atoms with E-state index in [0.29, 0.717) is 25.8 Å². The molecule has 5 nitrogen and oxygen atoms in total. The Morgan fingerprint density at radius 3 is 2.57 bits per heavy atom. The number of esters is 1. The van der Waals surface area contributed by atoms with Crippen LogP contribution in [0.5, 0.6) is 0 Å². The summed E-state index contributed by atoms with van der Waals surface area (Å²) in [5.74, 6) is 0.342. The summed E-state index contributed by atoms with van der Waals surface area (Å²) in [6.07, 6.45) is 8.28. The first-order chi connectivity index (χ1) is 11.2. The van der Waals surface area contributed by atoms with Gasteiger partial charge in [-0.25, -0.2) is 0 Å². The highest BCUT2D eigenvalue weighted by atomic mass is 16.5. The Kier molecular flexibility index (Phi) is 5.57. The molecule has 130 valence electrons. The number of rotatable bonds is 6. The van der Waals surface area contributed by atoms with Crippen LogP contribution >= 0.6 is 0 Å². The van der Waals surface area contributed by atoms with Gasteiger partial charge in [0.1, 0.15) is 6.10 Å². The SMILES string of the molecule is CCOC(=O)[C@H]1C[C@@H]1CN(C(=O)[C@@H]1CCCO1)C1CCCCC1. The smallest absolute Gasteiger partial charge is 0.309 e. The molecule has 23 heavy (non-hydrogen) atoms. The van der Waals surface area contributed by atoms with Gasteiger partial charge < -0.3 is 14.4 Å². The molecule has 3 fully saturated rings. The summed E-state index contributed by atoms with van der Waals surface area (Å²) < 4.78 is 10.7. The van der Waals surface area contributed by atoms with E-state index < -0.39 is 0 Å². The van der Waals surface area contributed by atoms with E-state index in [1.165, 1.54) is 19.3 Å². The minimum Gasteiger partial charge on any atom is -0.466 e. The van der Waals surface area contributed by atoms with Gasteiger partial charge >= 0.3 is 5.97 Å². The van der Waals surface area contributed by atoms with Gasteiger partial charge in [-0.3, -0.25) is 9.59 Å². The van der Waals surface area contributed by atoms with Crippen LogP contribution in [-0.4, -0.2) is 48.7 Å². The Balaban J connectivity index is 1.61. The van der Waals surface area contributed by atoms with Crippen molar-refractivity contribution in [2.45, 2.75) is 70.4 Å². The van der Waals surface area contributed by atoms with E-state index in [4.69, 9.17) is 9.47 Å². The van der Waals surface area contributed by atoms with Crippen LogP contribution in [0, 0.1) is 11.8 Å². The molecule has 0 spiro atoms. The highest BCUT2D eigenvalue weighted by molar-refractivity contribution is 5.82. The van der Waals surface area contributed by atoms with Crippen LogP contribution in [0.25, 0.3) is 0 Å². The molecular formula is C18H29NO4. The molecule has 2 aliphatic carbocycles. The zero-order valence-electron chi connectivity index (χ0n) is 14.2. The van der Waals surface area contributed by atoms with Crippen LogP contribution in [0.4, 0.5) is 0 Å². The lowest BCUT2D eigenvalue weighted by atomic mass is 9.93. The molecule has 2 saturated carbocycles. The summed E-state index contributed by atoms with van der Waals surface area (Å²) in [6.45, 7) is 3.67. The quantitative estimate of drug-likeness (QED) is 0.705. The Morgan fingerprint density at radius 2 is 1.91 bits per heavy atom. The fraction of sp³-hybridized carbons (Fsp3) is 0.889. The van der Waals surface area contributed by atoms with E-state index >= 15 is 0 Å². The van der Waals surface area contributed by atoms with Crippen LogP contribution in [0.2, 0.25) is 0 Å². The molecule has 1 saturated heterocycles. The summed E-state index contributed by atoms with van der Waals surface area (Å²) in [4.78, 5) is 26.8. The zero-order valence-corrected chi connectivity index (χ0v) is 14.2. The van der Waals surface area contributed by atoms with Gasteiger partial charge in [-0.1, -0.05) is 19.3 Å². The lowest BCUT2D eigenvalue weighted by Gasteiger charge is -2.36. The first-order valence-electron chi connectivity index (χ1n) is 9.29. The third-order valence-corrected chi connectivity index (χ3v) is 5.45. The zero-order chi connectivity index (χ0) is 16.2. The Hall–Kier alpha value is -1.10. The monoisotopic (exact) mass is 323 g/mol. The average molecular weight is 323 g/mol. The van der Waals surface area contributed by atoms with Gasteiger partial charge in [0.25, 0.3) is 5.91 Å². The van der Waals surface area contributed by atoms with Crippen molar-refractivity contribution in [1.29, 1.82) is 0 Å². The van der Waals surface area contributed by atoms with Crippen LogP contribution in [0.1, 0.15) is 58.3 Å². The topological polar surface area (TPSA) is 55.8 Å². The Morgan fingerprint density at radius 1 is 1.13 bits per heavy atom. The van der Waals surface area contributed by atoms with Crippen molar-refractivity contribution in [3.05, 3.63) is 0 Å². The second-order valence-corrected chi connectivity index (χ2v) is 7.14. The van der Waals surface area contributed by atoms with Crippen LogP contribution in [0.3, 0.4) is 0 Å². The molecule has 5 heteroatoms. The molecule has 1 amide bonds. The maximum Gasteiger partial charge on any atom is 0.309 e. The molecular weight excluding hydrogens is 294 g/mol. The number of amides is 1. The lowest BCUT2D eigenvalue weighted by Crippen LogP contribution is -2.47. The van der Waals surface area contributed by atoms with Gasteiger partial charge in [0.05, 0.1) is 12.5 Å². The molecule has 3 aliphatic rings. The molecule has 0 aromatic carbocycles. The van der Waals surface area contributed by atoms with Crippen LogP contribution in [0.15, 0.2) is 0 Å². The largest absolute Gasteiger partial charge is 0.466 e. The number of nitrogens with zero attached hydrogens (tertiary/aromatic N) is 1. The van der Waals surface area contributed by atoms with Crippen molar-refractivity contribution < 1.29 is 19.1 Å². The van der Waals surface area contributed by atoms with Gasteiger partial charge in [0.15, 0.2) is 0 Å². The Labute approximate surface area is 138 Å². The van der Waals surface area contributed by atoms with Crippen molar-refractivity contribution in [3.8, 4) is 0 Å². The standard InChI is InChI=1S/C18H29NO4/c1-2-22-18(21)15-11-13(15)12-19(14-7-4-3-5-8-14)17(20)16-9-6-10-23-16/h13-16H,2-12H2,1H3/t13-,15+,16+/m1/s1. The molecule has 0 unspecified atom stereocenters. The molecule has 0 aromatic rings. The minimum atomic E-state index is -0.253. The van der Waals surface area contributed by atoms with Gasteiger partial charge in [-0.15, -0.1) is 0 Å². The van der Waals surface area contributed by atoms with Crippen molar-refractivity contribution in [2.75, 3.05) is 19.8 Å². The Bertz CT molecular complexity index is 427. The van der Waals surface area contributed by atoms with E-state index in [1.54, 1.807) is 0 Å². The molecule has 1 heterocycles. The van der Waals surface area contributed by atoms with Crippen LogP contribution < -0.4 is 0 Å².